The molecule has 114 valence electrons. The van der Waals surface area contributed by atoms with Crippen LogP contribution < -0.4 is 4.72 Å². The van der Waals surface area contributed by atoms with E-state index in [4.69, 9.17) is 9.52 Å². The Balaban J connectivity index is 2.27. The number of carboxylic acid groups (broad SMARTS) is 1. The second kappa shape index (κ2) is 5.90. The number of aromatic nitrogens is 2. The van der Waals surface area contributed by atoms with E-state index in [1.54, 1.807) is 6.07 Å². The number of carbonyl (C=O) groups is 1. The number of H-pyrrole nitrogens is 1. The summed E-state index contributed by atoms with van der Waals surface area (Å²) in [4.78, 5) is 10.5. The first kappa shape index (κ1) is 15.6. The van der Waals surface area contributed by atoms with Gasteiger partial charge in [0.05, 0.1) is 0 Å². The molecule has 0 saturated heterocycles. The maximum Gasteiger partial charge on any atom is 0.371 e. The van der Waals surface area contributed by atoms with E-state index in [9.17, 15) is 13.2 Å². The van der Waals surface area contributed by atoms with Crippen molar-refractivity contribution in [2.45, 2.75) is 24.7 Å². The number of rotatable bonds is 6. The largest absolute Gasteiger partial charge is 0.475 e. The molecule has 8 nitrogen and oxygen atoms in total. The van der Waals surface area contributed by atoms with E-state index in [2.05, 4.69) is 30.8 Å². The van der Waals surface area contributed by atoms with Gasteiger partial charge in [0, 0.05) is 17.8 Å². The van der Waals surface area contributed by atoms with Crippen LogP contribution in [0.1, 0.15) is 29.6 Å². The number of halogens is 1. The van der Waals surface area contributed by atoms with E-state index in [0.29, 0.717) is 0 Å². The molecule has 10 heteroatoms. The molecule has 0 fully saturated rings. The van der Waals surface area contributed by atoms with Crippen molar-refractivity contribution in [3.8, 4) is 0 Å². The van der Waals surface area contributed by atoms with Crippen molar-refractivity contribution in [1.29, 1.82) is 0 Å². The van der Waals surface area contributed by atoms with Gasteiger partial charge in [-0.05, 0) is 22.4 Å². The Bertz CT molecular complexity index is 765. The molecule has 0 aliphatic rings. The predicted molar refractivity (Wildman–Crippen MR) is 76.8 cm³/mol. The van der Waals surface area contributed by atoms with Gasteiger partial charge in [0.1, 0.15) is 4.90 Å². The Hall–Kier alpha value is -1.81. The Labute approximate surface area is 128 Å². The molecule has 0 atom stereocenters. The van der Waals surface area contributed by atoms with Gasteiger partial charge in [-0.15, -0.1) is 0 Å². The van der Waals surface area contributed by atoms with E-state index in [1.165, 1.54) is 0 Å². The first-order valence-electron chi connectivity index (χ1n) is 5.93. The van der Waals surface area contributed by atoms with Crippen molar-refractivity contribution in [3.63, 3.8) is 0 Å². The standard InChI is InChI=1S/C11H12BrN3O5S/c1-2-3-6-4-9(14-13-6)15-21(18,19)8-5-7(11(16)17)20-10(8)12/h4-5H,2-3H2,1H3,(H,16,17)(H2,13,14,15). The summed E-state index contributed by atoms with van der Waals surface area (Å²) in [5, 5.41) is 15.3. The summed E-state index contributed by atoms with van der Waals surface area (Å²) in [7, 11) is -3.99. The lowest BCUT2D eigenvalue weighted by molar-refractivity contribution is 0.0661. The zero-order valence-electron chi connectivity index (χ0n) is 10.9. The maximum absolute atomic E-state index is 12.2. The van der Waals surface area contributed by atoms with Crippen LogP contribution in [-0.2, 0) is 16.4 Å². The summed E-state index contributed by atoms with van der Waals surface area (Å²) >= 11 is 2.89. The second-order valence-corrected chi connectivity index (χ2v) is 6.56. The molecule has 0 aliphatic heterocycles. The fraction of sp³-hybridized carbons (Fsp3) is 0.273. The smallest absolute Gasteiger partial charge is 0.371 e. The SMILES string of the molecule is CCCc1cc(NS(=O)(=O)c2cc(C(=O)O)oc2Br)n[nH]1. The zero-order chi connectivity index (χ0) is 15.6. The maximum atomic E-state index is 12.2. The zero-order valence-corrected chi connectivity index (χ0v) is 13.3. The summed E-state index contributed by atoms with van der Waals surface area (Å²) < 4.78 is 31.2. The minimum Gasteiger partial charge on any atom is -0.475 e. The van der Waals surface area contributed by atoms with E-state index in [-0.39, 0.29) is 15.4 Å². The number of aryl methyl sites for hydroxylation is 1. The molecule has 0 aliphatic carbocycles. The first-order chi connectivity index (χ1) is 9.83. The van der Waals surface area contributed by atoms with Crippen molar-refractivity contribution in [2.24, 2.45) is 0 Å². The molecule has 2 heterocycles. The van der Waals surface area contributed by atoms with Crippen LogP contribution in [0, 0.1) is 0 Å². The average molecular weight is 378 g/mol. The fourth-order valence-electron chi connectivity index (χ4n) is 1.64. The Morgan fingerprint density at radius 3 is 2.81 bits per heavy atom. The molecule has 2 rings (SSSR count). The van der Waals surface area contributed by atoms with Crippen molar-refractivity contribution in [3.05, 3.63) is 28.3 Å². The number of furan rings is 1. The van der Waals surface area contributed by atoms with E-state index in [0.717, 1.165) is 24.6 Å². The molecule has 0 unspecified atom stereocenters. The normalized spacial score (nSPS) is 11.5. The average Bonchev–Trinajstić information content (AvgIpc) is 2.96. The third-order valence-electron chi connectivity index (χ3n) is 2.54. The molecule has 2 aromatic heterocycles. The van der Waals surface area contributed by atoms with Gasteiger partial charge < -0.3 is 9.52 Å². The van der Waals surface area contributed by atoms with Crippen molar-refractivity contribution < 1.29 is 22.7 Å². The number of nitrogens with zero attached hydrogens (tertiary/aromatic N) is 1. The number of sulfonamides is 1. The predicted octanol–water partition coefficient (Wildman–Crippen LogP) is 2.22. The highest BCUT2D eigenvalue weighted by molar-refractivity contribution is 9.10. The molecule has 0 radical (unpaired) electrons. The lowest BCUT2D eigenvalue weighted by Gasteiger charge is -2.02. The first-order valence-corrected chi connectivity index (χ1v) is 8.21. The molecule has 21 heavy (non-hydrogen) atoms. The van der Waals surface area contributed by atoms with Gasteiger partial charge >= 0.3 is 5.97 Å². The summed E-state index contributed by atoms with van der Waals surface area (Å²) in [5.74, 6) is -1.71. The number of nitrogens with one attached hydrogen (secondary N) is 2. The number of carboxylic acids is 1. The molecule has 2 aromatic rings. The van der Waals surface area contributed by atoms with Crippen LogP contribution in [0.4, 0.5) is 5.82 Å². The summed E-state index contributed by atoms with van der Waals surface area (Å²) in [5.41, 5.74) is 0.799. The fourth-order valence-corrected chi connectivity index (χ4v) is 3.58. The van der Waals surface area contributed by atoms with Crippen LogP contribution in [0.15, 0.2) is 26.1 Å². The summed E-state index contributed by atoms with van der Waals surface area (Å²) in [6.07, 6.45) is 1.64. The minimum absolute atomic E-state index is 0.128. The Morgan fingerprint density at radius 1 is 1.52 bits per heavy atom. The van der Waals surface area contributed by atoms with Gasteiger partial charge in [-0.3, -0.25) is 9.82 Å². The molecule has 0 aromatic carbocycles. The number of aromatic carboxylic acids is 1. The third kappa shape index (κ3) is 3.45. The lowest BCUT2D eigenvalue weighted by Crippen LogP contribution is -2.13. The third-order valence-corrected chi connectivity index (χ3v) is 4.76. The molecule has 0 bridgehead atoms. The van der Waals surface area contributed by atoms with Crippen molar-refractivity contribution >= 4 is 37.7 Å². The number of anilines is 1. The molecular weight excluding hydrogens is 366 g/mol. The van der Waals surface area contributed by atoms with E-state index in [1.807, 2.05) is 6.92 Å². The van der Waals surface area contributed by atoms with Gasteiger partial charge in [0.2, 0.25) is 5.76 Å². The second-order valence-electron chi connectivity index (χ2n) is 4.19. The Kier molecular flexibility index (Phi) is 4.37. The van der Waals surface area contributed by atoms with E-state index < -0.39 is 21.8 Å². The Morgan fingerprint density at radius 2 is 2.24 bits per heavy atom. The van der Waals surface area contributed by atoms with Gasteiger partial charge in [-0.2, -0.15) is 5.10 Å². The van der Waals surface area contributed by atoms with Gasteiger partial charge in [0.15, 0.2) is 10.5 Å². The molecule has 0 amide bonds. The lowest BCUT2D eigenvalue weighted by atomic mass is 10.2. The van der Waals surface area contributed by atoms with Gasteiger partial charge in [-0.1, -0.05) is 13.3 Å². The van der Waals surface area contributed by atoms with Crippen LogP contribution in [0.25, 0.3) is 0 Å². The highest BCUT2D eigenvalue weighted by atomic mass is 79.9. The quantitative estimate of drug-likeness (QED) is 0.708. The molecule has 0 saturated carbocycles. The minimum atomic E-state index is -3.99. The summed E-state index contributed by atoms with van der Waals surface area (Å²) in [6.45, 7) is 1.99. The van der Waals surface area contributed by atoms with Crippen molar-refractivity contribution in [1.82, 2.24) is 10.2 Å². The van der Waals surface area contributed by atoms with Crippen LogP contribution in [0.5, 0.6) is 0 Å². The van der Waals surface area contributed by atoms with Gasteiger partial charge in [0.25, 0.3) is 10.0 Å². The van der Waals surface area contributed by atoms with Crippen LogP contribution >= 0.6 is 15.9 Å². The van der Waals surface area contributed by atoms with Gasteiger partial charge in [-0.25, -0.2) is 13.2 Å². The number of hydrogen-bond donors (Lipinski definition) is 3. The molecule has 0 spiro atoms. The number of hydrogen-bond acceptors (Lipinski definition) is 5. The van der Waals surface area contributed by atoms with Crippen LogP contribution in [-0.4, -0.2) is 29.7 Å². The number of aromatic amines is 1. The van der Waals surface area contributed by atoms with Crippen LogP contribution in [0.2, 0.25) is 0 Å². The highest BCUT2D eigenvalue weighted by Crippen LogP contribution is 2.27. The summed E-state index contributed by atoms with van der Waals surface area (Å²) in [6, 6.07) is 2.50. The molecular formula is C11H12BrN3O5S. The van der Waals surface area contributed by atoms with Crippen LogP contribution in [0.3, 0.4) is 0 Å². The van der Waals surface area contributed by atoms with E-state index >= 15 is 0 Å². The molecule has 3 N–H and O–H groups in total. The highest BCUT2D eigenvalue weighted by Gasteiger charge is 2.25. The van der Waals surface area contributed by atoms with Crippen molar-refractivity contribution in [2.75, 3.05) is 4.72 Å². The monoisotopic (exact) mass is 377 g/mol. The topological polar surface area (TPSA) is 125 Å².